The average molecular weight is 387 g/mol. The largest absolute Gasteiger partial charge is 0.465 e. The zero-order valence-corrected chi connectivity index (χ0v) is 15.2. The number of nitrogens with zero attached hydrogens (tertiary/aromatic N) is 2. The lowest BCUT2D eigenvalue weighted by Gasteiger charge is -2.26. The van der Waals surface area contributed by atoms with Gasteiger partial charge in [0.05, 0.1) is 25.4 Å². The van der Waals surface area contributed by atoms with E-state index >= 15 is 0 Å². The van der Waals surface area contributed by atoms with Crippen LogP contribution in [0.25, 0.3) is 0 Å². The molecule has 1 fully saturated rings. The molecule has 0 atom stereocenters. The van der Waals surface area contributed by atoms with Gasteiger partial charge in [-0.15, -0.1) is 0 Å². The Kier molecular flexibility index (Phi) is 8.05. The Morgan fingerprint density at radius 2 is 1.93 bits per heavy atom. The summed E-state index contributed by atoms with van der Waals surface area (Å²) in [7, 11) is 0. The first-order valence-electron chi connectivity index (χ1n) is 8.86. The van der Waals surface area contributed by atoms with Crippen molar-refractivity contribution in [3.63, 3.8) is 0 Å². The Labute approximate surface area is 156 Å². The fourth-order valence-electron chi connectivity index (χ4n) is 2.54. The van der Waals surface area contributed by atoms with Gasteiger partial charge in [0.2, 0.25) is 0 Å². The van der Waals surface area contributed by atoms with Crippen molar-refractivity contribution in [3.8, 4) is 0 Å². The normalized spacial score (nSPS) is 16.2. The topological polar surface area (TPSA) is 63.2 Å². The summed E-state index contributed by atoms with van der Waals surface area (Å²) in [6, 6.07) is 4.06. The third-order valence-electron chi connectivity index (χ3n) is 3.97. The van der Waals surface area contributed by atoms with E-state index in [0.29, 0.717) is 13.2 Å². The molecule has 27 heavy (non-hydrogen) atoms. The van der Waals surface area contributed by atoms with Crippen LogP contribution in [0, 0.1) is 0 Å². The van der Waals surface area contributed by atoms with Gasteiger partial charge >= 0.3 is 6.18 Å². The molecule has 0 radical (unpaired) electrons. The van der Waals surface area contributed by atoms with Gasteiger partial charge in [-0.2, -0.15) is 13.2 Å². The number of alkyl halides is 3. The van der Waals surface area contributed by atoms with Gasteiger partial charge < -0.3 is 9.47 Å². The summed E-state index contributed by atoms with van der Waals surface area (Å²) < 4.78 is 48.4. The maximum atomic E-state index is 12.6. The number of amides is 1. The molecule has 1 N–H and O–H groups in total. The third kappa shape index (κ3) is 7.18. The number of amidine groups is 1. The molecule has 6 nitrogen and oxygen atoms in total. The molecule has 0 saturated carbocycles. The van der Waals surface area contributed by atoms with Crippen LogP contribution in [0.15, 0.2) is 29.3 Å². The Hall–Kier alpha value is -2.13. The lowest BCUT2D eigenvalue weighted by Crippen LogP contribution is -2.37. The van der Waals surface area contributed by atoms with E-state index in [1.54, 1.807) is 6.92 Å². The fourth-order valence-corrected chi connectivity index (χ4v) is 2.54. The van der Waals surface area contributed by atoms with E-state index in [2.05, 4.69) is 15.2 Å². The van der Waals surface area contributed by atoms with Crippen molar-refractivity contribution in [2.24, 2.45) is 4.99 Å². The first-order valence-corrected chi connectivity index (χ1v) is 8.86. The summed E-state index contributed by atoms with van der Waals surface area (Å²) in [5.74, 6) is -0.566. The number of morpholine rings is 1. The summed E-state index contributed by atoms with van der Waals surface area (Å²) in [5.41, 5.74) is -0.704. The minimum absolute atomic E-state index is 0.0735. The standard InChI is InChI=1S/C18H24F3N3O3/c1-2-27-17(22-8-3-9-24-10-12-26-13-11-24)23-16(25)14-4-6-15(7-5-14)18(19,20)21/h4-7H,2-3,8-13H2,1H3,(H,22,23,25). The van der Waals surface area contributed by atoms with E-state index < -0.39 is 17.6 Å². The van der Waals surface area contributed by atoms with Crippen molar-refractivity contribution in [2.75, 3.05) is 46.0 Å². The van der Waals surface area contributed by atoms with E-state index in [4.69, 9.17) is 9.47 Å². The Balaban J connectivity index is 1.86. The highest BCUT2D eigenvalue weighted by molar-refractivity contribution is 6.04. The molecule has 0 spiro atoms. The molecule has 0 bridgehead atoms. The quantitative estimate of drug-likeness (QED) is 0.463. The number of halogens is 3. The van der Waals surface area contributed by atoms with Crippen LogP contribution in [0.4, 0.5) is 13.2 Å². The highest BCUT2D eigenvalue weighted by atomic mass is 19.4. The van der Waals surface area contributed by atoms with E-state index in [9.17, 15) is 18.0 Å². The van der Waals surface area contributed by atoms with Gasteiger partial charge in [-0.25, -0.2) is 4.99 Å². The average Bonchev–Trinajstić information content (AvgIpc) is 2.65. The molecule has 2 rings (SSSR count). The second kappa shape index (κ2) is 10.3. The maximum Gasteiger partial charge on any atom is 0.416 e. The monoisotopic (exact) mass is 387 g/mol. The molecular weight excluding hydrogens is 363 g/mol. The van der Waals surface area contributed by atoms with E-state index in [-0.39, 0.29) is 11.6 Å². The summed E-state index contributed by atoms with van der Waals surface area (Å²) in [4.78, 5) is 18.7. The Morgan fingerprint density at radius 1 is 1.26 bits per heavy atom. The lowest BCUT2D eigenvalue weighted by molar-refractivity contribution is -0.137. The molecular formula is C18H24F3N3O3. The highest BCUT2D eigenvalue weighted by Gasteiger charge is 2.30. The second-order valence-electron chi connectivity index (χ2n) is 5.96. The van der Waals surface area contributed by atoms with Crippen LogP contribution >= 0.6 is 0 Å². The number of hydrogen-bond acceptors (Lipinski definition) is 5. The number of nitrogens with one attached hydrogen (secondary N) is 1. The molecule has 1 saturated heterocycles. The third-order valence-corrected chi connectivity index (χ3v) is 3.97. The Bertz CT molecular complexity index is 627. The zero-order valence-electron chi connectivity index (χ0n) is 15.2. The van der Waals surface area contributed by atoms with Crippen LogP contribution in [0.2, 0.25) is 0 Å². The predicted octanol–water partition coefficient (Wildman–Crippen LogP) is 2.55. The summed E-state index contributed by atoms with van der Waals surface area (Å²) in [6.45, 7) is 6.68. The van der Waals surface area contributed by atoms with Crippen molar-refractivity contribution in [1.29, 1.82) is 0 Å². The number of rotatable bonds is 6. The minimum atomic E-state index is -4.44. The van der Waals surface area contributed by atoms with Gasteiger partial charge in [-0.1, -0.05) is 0 Å². The predicted molar refractivity (Wildman–Crippen MR) is 94.7 cm³/mol. The summed E-state index contributed by atoms with van der Waals surface area (Å²) in [5, 5.41) is 2.50. The molecule has 0 unspecified atom stereocenters. The molecule has 1 aromatic rings. The van der Waals surface area contributed by atoms with Crippen LogP contribution in [-0.2, 0) is 15.7 Å². The SMILES string of the molecule is CCOC(=NCCCN1CCOCC1)NC(=O)c1ccc(C(F)(F)F)cc1. The summed E-state index contributed by atoms with van der Waals surface area (Å²) >= 11 is 0. The molecule has 150 valence electrons. The lowest BCUT2D eigenvalue weighted by atomic mass is 10.1. The van der Waals surface area contributed by atoms with Gasteiger partial charge in [0.25, 0.3) is 11.9 Å². The van der Waals surface area contributed by atoms with Gasteiger partial charge in [0.1, 0.15) is 0 Å². The molecule has 1 aliphatic heterocycles. The van der Waals surface area contributed by atoms with Crippen LogP contribution < -0.4 is 5.32 Å². The highest BCUT2D eigenvalue weighted by Crippen LogP contribution is 2.29. The van der Waals surface area contributed by atoms with Crippen LogP contribution in [-0.4, -0.2) is 62.8 Å². The molecule has 1 heterocycles. The van der Waals surface area contributed by atoms with Gasteiger partial charge in [0.15, 0.2) is 0 Å². The van der Waals surface area contributed by atoms with E-state index in [0.717, 1.165) is 63.5 Å². The number of aliphatic imine (C=N–C) groups is 1. The van der Waals surface area contributed by atoms with Crippen LogP contribution in [0.1, 0.15) is 29.3 Å². The van der Waals surface area contributed by atoms with Crippen molar-refractivity contribution < 1.29 is 27.4 Å². The van der Waals surface area contributed by atoms with Crippen molar-refractivity contribution in [3.05, 3.63) is 35.4 Å². The smallest absolute Gasteiger partial charge is 0.416 e. The first-order chi connectivity index (χ1) is 12.9. The summed E-state index contributed by atoms with van der Waals surface area (Å²) in [6.07, 6.45) is -3.64. The van der Waals surface area contributed by atoms with Crippen molar-refractivity contribution >= 4 is 11.9 Å². The molecule has 1 aliphatic rings. The number of hydrogen-bond donors (Lipinski definition) is 1. The molecule has 0 aliphatic carbocycles. The Morgan fingerprint density at radius 3 is 2.52 bits per heavy atom. The minimum Gasteiger partial charge on any atom is -0.465 e. The number of ether oxygens (including phenoxy) is 2. The van der Waals surface area contributed by atoms with Gasteiger partial charge in [-0.3, -0.25) is 15.0 Å². The molecule has 1 amide bonds. The first kappa shape index (κ1) is 21.2. The maximum absolute atomic E-state index is 12.6. The molecule has 9 heteroatoms. The number of benzene rings is 1. The van der Waals surface area contributed by atoms with Gasteiger partial charge in [-0.05, 0) is 37.6 Å². The van der Waals surface area contributed by atoms with Crippen molar-refractivity contribution in [1.82, 2.24) is 10.2 Å². The van der Waals surface area contributed by atoms with E-state index in [1.165, 1.54) is 0 Å². The van der Waals surface area contributed by atoms with Crippen LogP contribution in [0.3, 0.4) is 0 Å². The molecule has 1 aromatic carbocycles. The molecule has 0 aromatic heterocycles. The van der Waals surface area contributed by atoms with Gasteiger partial charge in [0, 0.05) is 31.7 Å². The van der Waals surface area contributed by atoms with E-state index in [1.807, 2.05) is 0 Å². The fraction of sp³-hybridized carbons (Fsp3) is 0.556. The second-order valence-corrected chi connectivity index (χ2v) is 5.96. The van der Waals surface area contributed by atoms with Crippen LogP contribution in [0.5, 0.6) is 0 Å². The number of carbonyl (C=O) groups is 1. The number of carbonyl (C=O) groups excluding carboxylic acids is 1. The van der Waals surface area contributed by atoms with Crippen molar-refractivity contribution in [2.45, 2.75) is 19.5 Å². The zero-order chi connectivity index (χ0) is 19.7.